The van der Waals surface area contributed by atoms with Crippen LogP contribution in [0.25, 0.3) is 0 Å². The fourth-order valence-corrected chi connectivity index (χ4v) is 1.14. The Morgan fingerprint density at radius 2 is 2.27 bits per heavy atom. The van der Waals surface area contributed by atoms with Crippen molar-refractivity contribution in [3.63, 3.8) is 0 Å². The topological polar surface area (TPSA) is 88.9 Å². The molecule has 0 saturated carbocycles. The second kappa shape index (κ2) is 2.85. The Labute approximate surface area is 68.0 Å². The van der Waals surface area contributed by atoms with Gasteiger partial charge in [0.1, 0.15) is 0 Å². The zero-order valence-electron chi connectivity index (χ0n) is 5.05. The van der Waals surface area contributed by atoms with E-state index in [9.17, 15) is 8.42 Å². The van der Waals surface area contributed by atoms with Crippen LogP contribution in [-0.4, -0.2) is 25.4 Å². The lowest BCUT2D eigenvalue weighted by atomic mass is 11.0. The number of hydrogen-bond acceptors (Lipinski definition) is 7. The van der Waals surface area contributed by atoms with Crippen LogP contribution in [0.3, 0.4) is 0 Å². The average Bonchev–Trinajstić information content (AvgIpc) is 1.94. The molecular formula is C2H4N2O5S2. The summed E-state index contributed by atoms with van der Waals surface area (Å²) < 4.78 is 28.6. The van der Waals surface area contributed by atoms with Crippen molar-refractivity contribution in [2.75, 3.05) is 5.88 Å². The van der Waals surface area contributed by atoms with Crippen molar-refractivity contribution in [2.24, 2.45) is 0 Å². The largest absolute Gasteiger partial charge is 0.456 e. The number of thiol groups is 1. The minimum atomic E-state index is -4.16. The zero-order chi connectivity index (χ0) is 8.48. The van der Waals surface area contributed by atoms with Gasteiger partial charge in [-0.1, -0.05) is 0 Å². The first-order chi connectivity index (χ1) is 5.05. The molecule has 0 aliphatic carbocycles. The van der Waals surface area contributed by atoms with Gasteiger partial charge in [0, 0.05) is 0 Å². The van der Waals surface area contributed by atoms with Gasteiger partial charge in [-0.25, -0.2) is 5.41 Å². The Morgan fingerprint density at radius 3 is 2.73 bits per heavy atom. The van der Waals surface area contributed by atoms with Crippen molar-refractivity contribution in [2.45, 2.75) is 0 Å². The molecule has 0 atom stereocenters. The van der Waals surface area contributed by atoms with Gasteiger partial charge in [-0.3, -0.25) is 4.89 Å². The summed E-state index contributed by atoms with van der Waals surface area (Å²) in [4.78, 5) is 3.94. The van der Waals surface area contributed by atoms with Gasteiger partial charge in [0.25, 0.3) is 0 Å². The van der Waals surface area contributed by atoms with Crippen molar-refractivity contribution in [1.29, 1.82) is 5.41 Å². The van der Waals surface area contributed by atoms with E-state index < -0.39 is 16.4 Å². The van der Waals surface area contributed by atoms with Gasteiger partial charge >= 0.3 is 16.4 Å². The number of hydrogen-bond donors (Lipinski definition) is 2. The molecule has 0 radical (unpaired) electrons. The Kier molecular flexibility index (Phi) is 2.23. The number of rotatable bonds is 1. The van der Waals surface area contributed by atoms with Crippen molar-refractivity contribution >= 4 is 29.0 Å². The third kappa shape index (κ3) is 1.96. The number of nitrogens with zero attached hydrogens (tertiary/aromatic N) is 1. The van der Waals surface area contributed by atoms with Gasteiger partial charge in [-0.15, -0.1) is 4.28 Å². The highest BCUT2D eigenvalue weighted by Crippen LogP contribution is 2.10. The predicted molar refractivity (Wildman–Crippen MR) is 35.6 cm³/mol. The van der Waals surface area contributed by atoms with Gasteiger partial charge in [0.2, 0.25) is 0 Å². The summed E-state index contributed by atoms with van der Waals surface area (Å²) in [5.74, 6) is -0.124. The molecule has 1 rings (SSSR count). The van der Waals surface area contributed by atoms with Gasteiger partial charge in [-0.05, 0) is 4.33 Å². The van der Waals surface area contributed by atoms with E-state index in [0.29, 0.717) is 5.06 Å². The molecule has 0 amide bonds. The Balaban J connectivity index is 2.74. The van der Waals surface area contributed by atoms with Crippen LogP contribution in [0.5, 0.6) is 0 Å². The summed E-state index contributed by atoms with van der Waals surface area (Å²) in [7, 11) is -4.16. The average molecular weight is 200 g/mol. The van der Waals surface area contributed by atoms with Gasteiger partial charge in [-0.2, -0.15) is 26.1 Å². The minimum absolute atomic E-state index is 0.124. The van der Waals surface area contributed by atoms with E-state index in [4.69, 9.17) is 5.41 Å². The van der Waals surface area contributed by atoms with E-state index in [2.05, 4.69) is 26.1 Å². The van der Waals surface area contributed by atoms with Crippen LogP contribution in [-0.2, 0) is 23.9 Å². The van der Waals surface area contributed by atoms with Crippen molar-refractivity contribution in [3.05, 3.63) is 0 Å². The van der Waals surface area contributed by atoms with Gasteiger partial charge < -0.3 is 0 Å². The van der Waals surface area contributed by atoms with E-state index in [-0.39, 0.29) is 5.88 Å². The summed E-state index contributed by atoms with van der Waals surface area (Å²) >= 11 is 3.66. The molecule has 9 heteroatoms. The monoisotopic (exact) mass is 200 g/mol. The fourth-order valence-electron chi connectivity index (χ4n) is 0.360. The van der Waals surface area contributed by atoms with E-state index in [0.717, 1.165) is 0 Å². The van der Waals surface area contributed by atoms with Gasteiger partial charge in [0.15, 0.2) is 0 Å². The summed E-state index contributed by atoms with van der Waals surface area (Å²) in [6.07, 6.45) is 0. The molecule has 1 saturated heterocycles. The summed E-state index contributed by atoms with van der Waals surface area (Å²) in [6, 6.07) is -0.574. The molecule has 0 spiro atoms. The third-order valence-corrected chi connectivity index (χ3v) is 1.59. The molecule has 1 fully saturated rings. The molecule has 1 aliphatic rings. The lowest BCUT2D eigenvalue weighted by molar-refractivity contribution is -0.198. The first-order valence-corrected chi connectivity index (χ1v) is 4.29. The summed E-state index contributed by atoms with van der Waals surface area (Å²) in [5, 5.41) is 7.46. The van der Waals surface area contributed by atoms with Crippen LogP contribution in [0.15, 0.2) is 0 Å². The molecule has 0 aromatic rings. The third-order valence-electron chi connectivity index (χ3n) is 0.733. The molecule has 1 aliphatic heterocycles. The Morgan fingerprint density at radius 1 is 1.64 bits per heavy atom. The normalized spacial score (nSPS) is 23.0. The minimum Gasteiger partial charge on any atom is -0.277 e. The quantitative estimate of drug-likeness (QED) is 0.427. The number of hydroxylamine groups is 2. The zero-order valence-corrected chi connectivity index (χ0v) is 6.76. The van der Waals surface area contributed by atoms with Crippen LogP contribution in [0.4, 0.5) is 0 Å². The maximum absolute atomic E-state index is 10.4. The molecule has 0 aromatic heterocycles. The van der Waals surface area contributed by atoms with Crippen molar-refractivity contribution in [1.82, 2.24) is 5.06 Å². The van der Waals surface area contributed by atoms with Crippen molar-refractivity contribution in [3.8, 4) is 0 Å². The smallest absolute Gasteiger partial charge is 0.277 e. The van der Waals surface area contributed by atoms with E-state index in [1.807, 2.05) is 0 Å². The van der Waals surface area contributed by atoms with Crippen LogP contribution in [0.1, 0.15) is 0 Å². The lowest BCUT2D eigenvalue weighted by Gasteiger charge is -2.22. The summed E-state index contributed by atoms with van der Waals surface area (Å²) in [5.41, 5.74) is 0. The predicted octanol–water partition coefficient (Wildman–Crippen LogP) is -0.751. The highest BCUT2D eigenvalue weighted by Gasteiger charge is 2.30. The molecule has 0 unspecified atom stereocenters. The van der Waals surface area contributed by atoms with Crippen molar-refractivity contribution < 1.29 is 21.9 Å². The Bertz CT molecular complexity index is 260. The first-order valence-electron chi connectivity index (χ1n) is 2.33. The van der Waals surface area contributed by atoms with E-state index >= 15 is 0 Å². The lowest BCUT2D eigenvalue weighted by Crippen LogP contribution is -2.39. The molecule has 0 bridgehead atoms. The van der Waals surface area contributed by atoms with E-state index in [1.165, 1.54) is 0 Å². The molecule has 11 heavy (non-hydrogen) atoms. The number of nitrogens with one attached hydrogen (secondary N) is 1. The second-order valence-electron chi connectivity index (χ2n) is 1.46. The standard InChI is InChI=1S/C2H4N2O5S2/c3-2-4(1-10)8-11(5,6)9-7-2/h3,10H,1H2. The molecule has 64 valence electrons. The number of amidine groups is 1. The molecule has 0 aromatic carbocycles. The van der Waals surface area contributed by atoms with Crippen LogP contribution < -0.4 is 0 Å². The second-order valence-corrected chi connectivity index (χ2v) is 2.84. The highest BCUT2D eigenvalue weighted by molar-refractivity contribution is 7.82. The molecule has 7 nitrogen and oxygen atoms in total. The maximum atomic E-state index is 10.4. The van der Waals surface area contributed by atoms with Crippen LogP contribution in [0, 0.1) is 5.41 Å². The fraction of sp³-hybridized carbons (Fsp3) is 0.500. The van der Waals surface area contributed by atoms with Crippen LogP contribution >= 0.6 is 12.6 Å². The SMILES string of the molecule is N=C1OOS(=O)(=O)ON1CS. The first kappa shape index (κ1) is 8.59. The summed E-state index contributed by atoms with van der Waals surface area (Å²) in [6.45, 7) is 0. The molecular weight excluding hydrogens is 196 g/mol. The highest BCUT2D eigenvalue weighted by atomic mass is 32.3. The van der Waals surface area contributed by atoms with E-state index in [1.54, 1.807) is 0 Å². The maximum Gasteiger partial charge on any atom is 0.456 e. The van der Waals surface area contributed by atoms with Crippen LogP contribution in [0.2, 0.25) is 0 Å². The van der Waals surface area contributed by atoms with Gasteiger partial charge in [0.05, 0.1) is 5.88 Å². The molecule has 1 N–H and O–H groups in total. The molecule has 1 heterocycles. The Hall–Kier alpha value is -0.510.